The Balaban J connectivity index is 1.74. The van der Waals surface area contributed by atoms with E-state index in [0.717, 1.165) is 23.3 Å². The molecule has 1 N–H and O–H groups in total. The molecular weight excluding hydrogens is 357 g/mol. The Kier molecular flexibility index (Phi) is 4.95. The van der Waals surface area contributed by atoms with Crippen molar-refractivity contribution in [2.75, 3.05) is 16.8 Å². The van der Waals surface area contributed by atoms with Crippen molar-refractivity contribution in [3.8, 4) is 0 Å². The summed E-state index contributed by atoms with van der Waals surface area (Å²) < 4.78 is 38.7. The number of aryl methyl sites for hydroxylation is 2. The average molecular weight is 376 g/mol. The summed E-state index contributed by atoms with van der Waals surface area (Å²) in [6.07, 6.45) is -4.52. The minimum absolute atomic E-state index is 0.0348. The molecule has 7 heteroatoms. The quantitative estimate of drug-likeness (QED) is 0.868. The molecule has 2 aromatic rings. The third-order valence-electron chi connectivity index (χ3n) is 4.47. The molecule has 1 aliphatic heterocycles. The van der Waals surface area contributed by atoms with Crippen molar-refractivity contribution < 1.29 is 22.8 Å². The number of nitrogens with zero attached hydrogens (tertiary/aromatic N) is 1. The highest BCUT2D eigenvalue weighted by molar-refractivity contribution is 6.03. The standard InChI is InChI=1S/C20H19F3N2O2/c1-12-6-13(2)8-16(7-12)24-19(27)14-9-18(26)25(11-14)17-5-3-4-15(10-17)20(21,22)23/h3-8,10,14H,9,11H2,1-2H3,(H,24,27)/t14-/m0/s1. The third kappa shape index (κ3) is 4.30. The molecule has 1 aliphatic rings. The average Bonchev–Trinajstić information content (AvgIpc) is 2.95. The van der Waals surface area contributed by atoms with Gasteiger partial charge in [0.15, 0.2) is 0 Å². The van der Waals surface area contributed by atoms with E-state index in [1.165, 1.54) is 17.0 Å². The van der Waals surface area contributed by atoms with Crippen LogP contribution in [0, 0.1) is 19.8 Å². The van der Waals surface area contributed by atoms with Crippen molar-refractivity contribution in [3.05, 3.63) is 59.2 Å². The molecule has 2 amide bonds. The summed E-state index contributed by atoms with van der Waals surface area (Å²) in [6, 6.07) is 10.2. The van der Waals surface area contributed by atoms with Crippen molar-refractivity contribution in [1.29, 1.82) is 0 Å². The first kappa shape index (κ1) is 18.9. The molecule has 0 aromatic heterocycles. The summed E-state index contributed by atoms with van der Waals surface area (Å²) in [5.74, 6) is -1.30. The fraction of sp³-hybridized carbons (Fsp3) is 0.300. The van der Waals surface area contributed by atoms with Crippen LogP contribution in [0.15, 0.2) is 42.5 Å². The lowest BCUT2D eigenvalue weighted by atomic mass is 10.1. The summed E-state index contributed by atoms with van der Waals surface area (Å²) >= 11 is 0. The largest absolute Gasteiger partial charge is 0.416 e. The highest BCUT2D eigenvalue weighted by atomic mass is 19.4. The molecule has 4 nitrogen and oxygen atoms in total. The number of amides is 2. The van der Waals surface area contributed by atoms with E-state index in [1.54, 1.807) is 0 Å². The fourth-order valence-electron chi connectivity index (χ4n) is 3.27. The van der Waals surface area contributed by atoms with Gasteiger partial charge in [0.2, 0.25) is 11.8 Å². The van der Waals surface area contributed by atoms with E-state index in [-0.39, 0.29) is 30.5 Å². The number of alkyl halides is 3. The zero-order chi connectivity index (χ0) is 19.8. The molecule has 0 radical (unpaired) electrons. The summed E-state index contributed by atoms with van der Waals surface area (Å²) in [5, 5.41) is 2.80. The van der Waals surface area contributed by atoms with Crippen LogP contribution < -0.4 is 10.2 Å². The Hall–Kier alpha value is -2.83. The maximum absolute atomic E-state index is 12.9. The number of rotatable bonds is 3. The molecule has 0 saturated carbocycles. The van der Waals surface area contributed by atoms with E-state index in [4.69, 9.17) is 0 Å². The van der Waals surface area contributed by atoms with Crippen molar-refractivity contribution >= 4 is 23.2 Å². The van der Waals surface area contributed by atoms with E-state index in [1.807, 2.05) is 32.0 Å². The summed E-state index contributed by atoms with van der Waals surface area (Å²) in [6.45, 7) is 3.88. The van der Waals surface area contributed by atoms with Gasteiger partial charge in [0.05, 0.1) is 11.5 Å². The summed E-state index contributed by atoms with van der Waals surface area (Å²) in [4.78, 5) is 26.0. The lowest BCUT2D eigenvalue weighted by Crippen LogP contribution is -2.28. The molecule has 27 heavy (non-hydrogen) atoms. The van der Waals surface area contributed by atoms with Gasteiger partial charge in [-0.05, 0) is 55.3 Å². The first-order chi connectivity index (χ1) is 12.6. The minimum Gasteiger partial charge on any atom is -0.326 e. The number of nitrogens with one attached hydrogen (secondary N) is 1. The molecule has 2 aromatic carbocycles. The van der Waals surface area contributed by atoms with Crippen LogP contribution in [0.1, 0.15) is 23.1 Å². The molecule has 142 valence electrons. The Bertz CT molecular complexity index is 873. The summed E-state index contributed by atoms with van der Waals surface area (Å²) in [7, 11) is 0. The molecule has 0 aliphatic carbocycles. The molecule has 0 unspecified atom stereocenters. The zero-order valence-electron chi connectivity index (χ0n) is 14.9. The van der Waals surface area contributed by atoms with Crippen molar-refractivity contribution in [1.82, 2.24) is 0 Å². The Morgan fingerprint density at radius 2 is 1.78 bits per heavy atom. The van der Waals surface area contributed by atoms with E-state index in [0.29, 0.717) is 5.69 Å². The van der Waals surface area contributed by atoms with E-state index in [9.17, 15) is 22.8 Å². The number of hydrogen-bond acceptors (Lipinski definition) is 2. The van der Waals surface area contributed by atoms with Crippen molar-refractivity contribution in [2.45, 2.75) is 26.4 Å². The van der Waals surface area contributed by atoms with Gasteiger partial charge in [0, 0.05) is 24.3 Å². The minimum atomic E-state index is -4.49. The van der Waals surface area contributed by atoms with Crippen molar-refractivity contribution in [2.24, 2.45) is 5.92 Å². The Morgan fingerprint density at radius 1 is 1.11 bits per heavy atom. The van der Waals surface area contributed by atoms with E-state index < -0.39 is 17.7 Å². The van der Waals surface area contributed by atoms with Crippen LogP contribution in [0.25, 0.3) is 0 Å². The number of hydrogen-bond donors (Lipinski definition) is 1. The molecule has 1 heterocycles. The predicted molar refractivity (Wildman–Crippen MR) is 96.4 cm³/mol. The lowest BCUT2D eigenvalue weighted by Gasteiger charge is -2.18. The normalized spacial score (nSPS) is 17.3. The van der Waals surface area contributed by atoms with Crippen LogP contribution in [-0.4, -0.2) is 18.4 Å². The van der Waals surface area contributed by atoms with Gasteiger partial charge in [-0.3, -0.25) is 9.59 Å². The van der Waals surface area contributed by atoms with Gasteiger partial charge in [-0.2, -0.15) is 13.2 Å². The second-order valence-electron chi connectivity index (χ2n) is 6.82. The second kappa shape index (κ2) is 7.06. The van der Waals surface area contributed by atoms with Crippen molar-refractivity contribution in [3.63, 3.8) is 0 Å². The van der Waals surface area contributed by atoms with Crippen LogP contribution in [-0.2, 0) is 15.8 Å². The number of anilines is 2. The maximum Gasteiger partial charge on any atom is 0.416 e. The van der Waals surface area contributed by atoms with Gasteiger partial charge in [0.1, 0.15) is 0 Å². The number of halogens is 3. The van der Waals surface area contributed by atoms with Gasteiger partial charge in [-0.15, -0.1) is 0 Å². The molecule has 1 fully saturated rings. The zero-order valence-corrected chi connectivity index (χ0v) is 14.9. The Morgan fingerprint density at radius 3 is 2.41 bits per heavy atom. The van der Waals surface area contributed by atoms with Crippen LogP contribution in [0.2, 0.25) is 0 Å². The SMILES string of the molecule is Cc1cc(C)cc(NC(=O)[C@H]2CC(=O)N(c3cccc(C(F)(F)F)c3)C2)c1. The number of carbonyl (C=O) groups is 2. The molecular formula is C20H19F3N2O2. The lowest BCUT2D eigenvalue weighted by molar-refractivity contribution is -0.137. The monoisotopic (exact) mass is 376 g/mol. The third-order valence-corrected chi connectivity index (χ3v) is 4.47. The highest BCUT2D eigenvalue weighted by Gasteiger charge is 2.37. The number of carbonyl (C=O) groups excluding carboxylic acids is 2. The smallest absolute Gasteiger partial charge is 0.326 e. The van der Waals surface area contributed by atoms with E-state index in [2.05, 4.69) is 5.32 Å². The first-order valence-electron chi connectivity index (χ1n) is 8.50. The second-order valence-corrected chi connectivity index (χ2v) is 6.82. The van der Waals surface area contributed by atoms with Crippen LogP contribution >= 0.6 is 0 Å². The van der Waals surface area contributed by atoms with Crippen LogP contribution in [0.4, 0.5) is 24.5 Å². The molecule has 3 rings (SSSR count). The first-order valence-corrected chi connectivity index (χ1v) is 8.50. The van der Waals surface area contributed by atoms with Gasteiger partial charge in [-0.1, -0.05) is 12.1 Å². The molecule has 1 atom stereocenters. The topological polar surface area (TPSA) is 49.4 Å². The molecule has 1 saturated heterocycles. The van der Waals surface area contributed by atoms with E-state index >= 15 is 0 Å². The van der Waals surface area contributed by atoms with Crippen LogP contribution in [0.5, 0.6) is 0 Å². The highest BCUT2D eigenvalue weighted by Crippen LogP contribution is 2.33. The number of benzene rings is 2. The van der Waals surface area contributed by atoms with Gasteiger partial charge < -0.3 is 10.2 Å². The maximum atomic E-state index is 12.9. The predicted octanol–water partition coefficient (Wildman–Crippen LogP) is 4.31. The van der Waals surface area contributed by atoms with Gasteiger partial charge >= 0.3 is 6.18 Å². The fourth-order valence-corrected chi connectivity index (χ4v) is 3.27. The van der Waals surface area contributed by atoms with Crippen LogP contribution in [0.3, 0.4) is 0 Å². The van der Waals surface area contributed by atoms with Gasteiger partial charge in [-0.25, -0.2) is 0 Å². The molecule has 0 spiro atoms. The molecule has 0 bridgehead atoms. The Labute approximate surface area is 155 Å². The summed E-state index contributed by atoms with van der Waals surface area (Å²) in [5.41, 5.74) is 1.96. The van der Waals surface area contributed by atoms with Gasteiger partial charge in [0.25, 0.3) is 0 Å².